The maximum absolute atomic E-state index is 10.6. The summed E-state index contributed by atoms with van der Waals surface area (Å²) < 4.78 is 21.2. The first-order valence-electron chi connectivity index (χ1n) is 2.59. The summed E-state index contributed by atoms with van der Waals surface area (Å²) in [7, 11) is -3.55. The predicted octanol–water partition coefficient (Wildman–Crippen LogP) is -1.25. The van der Waals surface area contributed by atoms with E-state index in [0.717, 1.165) is 0 Å². The third-order valence-corrected chi connectivity index (χ3v) is 1.94. The number of nitrogens with zero attached hydrogens (tertiary/aromatic N) is 1. The summed E-state index contributed by atoms with van der Waals surface area (Å²) in [5.41, 5.74) is 2.56. The molecule has 1 aliphatic heterocycles. The molecule has 1 aliphatic rings. The largest absolute Gasteiger partial charge is 0.306 e. The molecule has 0 aromatic heterocycles. The van der Waals surface area contributed by atoms with E-state index >= 15 is 0 Å². The fourth-order valence-electron chi connectivity index (χ4n) is 0.551. The fourth-order valence-corrected chi connectivity index (χ4v) is 1.07. The maximum Gasteiger partial charge on any atom is 0.239 e. The highest BCUT2D eigenvalue weighted by Gasteiger charge is 2.10. The second-order valence-corrected chi connectivity index (χ2v) is 3.33. The van der Waals surface area contributed by atoms with Crippen LogP contribution < -0.4 is 10.6 Å². The Kier molecular flexibility index (Phi) is 1.73. The summed E-state index contributed by atoms with van der Waals surface area (Å²) in [6.07, 6.45) is 2.64. The lowest BCUT2D eigenvalue weighted by Crippen LogP contribution is -2.21. The van der Waals surface area contributed by atoms with Gasteiger partial charge in [-0.3, -0.25) is 0 Å². The summed E-state index contributed by atoms with van der Waals surface area (Å²) in [6, 6.07) is 0. The fraction of sp³-hybridized carbons (Fsp3) is 0.250. The summed E-state index contributed by atoms with van der Waals surface area (Å²) >= 11 is 0. The summed E-state index contributed by atoms with van der Waals surface area (Å²) in [5.74, 6) is 0. The van der Waals surface area contributed by atoms with Crippen LogP contribution in [0.4, 0.5) is 0 Å². The van der Waals surface area contributed by atoms with E-state index in [1.54, 1.807) is 0 Å². The van der Waals surface area contributed by atoms with Crippen molar-refractivity contribution in [2.24, 2.45) is 10.2 Å². The molecule has 6 heteroatoms. The van der Waals surface area contributed by atoms with Gasteiger partial charge in [0.1, 0.15) is 0 Å². The van der Waals surface area contributed by atoms with Gasteiger partial charge >= 0.3 is 0 Å². The lowest BCUT2D eigenvalue weighted by Gasteiger charge is -2.03. The molecule has 0 aliphatic carbocycles. The molecule has 1 heterocycles. The third kappa shape index (κ3) is 1.55. The minimum Gasteiger partial charge on any atom is -0.306 e. The molecule has 0 unspecified atom stereocenters. The van der Waals surface area contributed by atoms with Crippen molar-refractivity contribution in [1.29, 1.82) is 0 Å². The summed E-state index contributed by atoms with van der Waals surface area (Å²) in [4.78, 5) is 0.0613. The summed E-state index contributed by atoms with van der Waals surface area (Å²) in [6.45, 7) is 0.405. The predicted molar refractivity (Wildman–Crippen MR) is 37.7 cm³/mol. The molecule has 0 saturated carbocycles. The average molecular weight is 161 g/mol. The van der Waals surface area contributed by atoms with Gasteiger partial charge in [0.05, 0.1) is 17.7 Å². The topological polar surface area (TPSA) is 84.5 Å². The zero-order valence-electron chi connectivity index (χ0n) is 5.11. The molecule has 0 bridgehead atoms. The molecule has 56 valence electrons. The average Bonchev–Trinajstić information content (AvgIpc) is 1.88. The van der Waals surface area contributed by atoms with Crippen molar-refractivity contribution in [3.05, 3.63) is 11.0 Å². The van der Waals surface area contributed by atoms with Crippen LogP contribution >= 0.6 is 0 Å². The van der Waals surface area contributed by atoms with Gasteiger partial charge in [-0.05, 0) is 6.08 Å². The second-order valence-electron chi connectivity index (χ2n) is 1.77. The van der Waals surface area contributed by atoms with Crippen molar-refractivity contribution in [3.63, 3.8) is 0 Å². The van der Waals surface area contributed by atoms with Crippen LogP contribution in [0, 0.1) is 0 Å². The minimum absolute atomic E-state index is 0.0613. The van der Waals surface area contributed by atoms with Gasteiger partial charge < -0.3 is 5.43 Å². The Hall–Kier alpha value is -0.880. The first-order valence-corrected chi connectivity index (χ1v) is 4.14. The molecule has 1 rings (SSSR count). The highest BCUT2D eigenvalue weighted by atomic mass is 32.2. The molecule has 0 atom stereocenters. The molecule has 10 heavy (non-hydrogen) atoms. The zero-order chi connectivity index (χ0) is 7.61. The number of sulfonamides is 1. The van der Waals surface area contributed by atoms with Crippen LogP contribution in [0.25, 0.3) is 0 Å². The molecule has 0 radical (unpaired) electrons. The van der Waals surface area contributed by atoms with Gasteiger partial charge in [0.15, 0.2) is 0 Å². The van der Waals surface area contributed by atoms with Crippen molar-refractivity contribution >= 4 is 16.2 Å². The lowest BCUT2D eigenvalue weighted by atomic mass is 10.5. The Bertz CT molecular complexity index is 277. The van der Waals surface area contributed by atoms with Crippen LogP contribution in [0.1, 0.15) is 0 Å². The molecule has 0 aromatic rings. The minimum atomic E-state index is -3.55. The van der Waals surface area contributed by atoms with Gasteiger partial charge in [0, 0.05) is 0 Å². The van der Waals surface area contributed by atoms with E-state index in [0.29, 0.717) is 6.54 Å². The number of hydrogen-bond acceptors (Lipinski definition) is 4. The second kappa shape index (κ2) is 2.39. The number of primary sulfonamides is 1. The van der Waals surface area contributed by atoms with Gasteiger partial charge in [-0.25, -0.2) is 13.6 Å². The SMILES string of the molecule is NS(=O)(=O)C1=CCNN=C1. The Labute approximate surface area is 58.7 Å². The number of allylic oxidation sites excluding steroid dienone is 1. The Morgan fingerprint density at radius 1 is 1.70 bits per heavy atom. The molecule has 0 aromatic carbocycles. The van der Waals surface area contributed by atoms with Crippen LogP contribution in [-0.4, -0.2) is 21.2 Å². The molecule has 0 saturated heterocycles. The molecule has 3 N–H and O–H groups in total. The number of nitrogens with one attached hydrogen (secondary N) is 1. The van der Waals surface area contributed by atoms with Gasteiger partial charge in [-0.2, -0.15) is 5.10 Å². The van der Waals surface area contributed by atoms with E-state index in [4.69, 9.17) is 5.14 Å². The zero-order valence-corrected chi connectivity index (χ0v) is 5.93. The first kappa shape index (κ1) is 7.23. The van der Waals surface area contributed by atoms with Gasteiger partial charge in [0.25, 0.3) is 0 Å². The normalized spacial score (nSPS) is 17.9. The highest BCUT2D eigenvalue weighted by Crippen LogP contribution is 1.98. The summed E-state index contributed by atoms with van der Waals surface area (Å²) in [5, 5.41) is 8.32. The maximum atomic E-state index is 10.6. The number of hydrogen-bond donors (Lipinski definition) is 2. The Balaban J connectivity index is 2.94. The van der Waals surface area contributed by atoms with Crippen molar-refractivity contribution in [2.75, 3.05) is 6.54 Å². The van der Waals surface area contributed by atoms with Crippen LogP contribution in [0.3, 0.4) is 0 Å². The number of nitrogens with two attached hydrogens (primary N) is 1. The van der Waals surface area contributed by atoms with Crippen LogP contribution in [0.2, 0.25) is 0 Å². The molecule has 0 fully saturated rings. The van der Waals surface area contributed by atoms with E-state index in [2.05, 4.69) is 10.5 Å². The molecule has 5 nitrogen and oxygen atoms in total. The van der Waals surface area contributed by atoms with E-state index in [1.165, 1.54) is 12.3 Å². The third-order valence-electron chi connectivity index (χ3n) is 1.01. The number of hydrazone groups is 1. The van der Waals surface area contributed by atoms with Crippen molar-refractivity contribution in [3.8, 4) is 0 Å². The van der Waals surface area contributed by atoms with Gasteiger partial charge in [-0.15, -0.1) is 0 Å². The van der Waals surface area contributed by atoms with Crippen molar-refractivity contribution in [1.82, 2.24) is 5.43 Å². The lowest BCUT2D eigenvalue weighted by molar-refractivity contribution is 0.604. The molecular weight excluding hydrogens is 154 g/mol. The van der Waals surface area contributed by atoms with Gasteiger partial charge in [-0.1, -0.05) is 0 Å². The standard InChI is InChI=1S/C4H7N3O2S/c5-10(8,9)4-1-2-6-7-3-4/h1,3,6H,2H2,(H2,5,8,9). The van der Waals surface area contributed by atoms with Crippen LogP contribution in [-0.2, 0) is 10.0 Å². The van der Waals surface area contributed by atoms with Crippen molar-refractivity contribution < 1.29 is 8.42 Å². The number of rotatable bonds is 1. The Morgan fingerprint density at radius 3 is 2.70 bits per heavy atom. The van der Waals surface area contributed by atoms with Crippen molar-refractivity contribution in [2.45, 2.75) is 0 Å². The molecular formula is C4H7N3O2S. The van der Waals surface area contributed by atoms with Gasteiger partial charge in [0.2, 0.25) is 10.0 Å². The quantitative estimate of drug-likeness (QED) is 0.504. The van der Waals surface area contributed by atoms with E-state index in [-0.39, 0.29) is 4.91 Å². The van der Waals surface area contributed by atoms with E-state index in [1.807, 2.05) is 0 Å². The first-order chi connectivity index (χ1) is 4.61. The van der Waals surface area contributed by atoms with Crippen LogP contribution in [0.15, 0.2) is 16.1 Å². The Morgan fingerprint density at radius 2 is 2.40 bits per heavy atom. The van der Waals surface area contributed by atoms with Crippen LogP contribution in [0.5, 0.6) is 0 Å². The smallest absolute Gasteiger partial charge is 0.239 e. The monoisotopic (exact) mass is 161 g/mol. The van der Waals surface area contributed by atoms with E-state index in [9.17, 15) is 8.42 Å². The van der Waals surface area contributed by atoms with E-state index < -0.39 is 10.0 Å². The molecule has 0 spiro atoms. The highest BCUT2D eigenvalue weighted by molar-refractivity contribution is 7.93. The molecule has 0 amide bonds.